The summed E-state index contributed by atoms with van der Waals surface area (Å²) in [7, 11) is 0. The van der Waals surface area contributed by atoms with Gasteiger partial charge in [0.1, 0.15) is 0 Å². The molecule has 0 aliphatic rings. The van der Waals surface area contributed by atoms with Gasteiger partial charge in [-0.15, -0.1) is 11.8 Å². The van der Waals surface area contributed by atoms with Crippen molar-refractivity contribution in [1.29, 1.82) is 0 Å². The molecule has 18 heavy (non-hydrogen) atoms. The van der Waals surface area contributed by atoms with Crippen LogP contribution in [0.4, 0.5) is 4.79 Å². The van der Waals surface area contributed by atoms with E-state index in [0.29, 0.717) is 0 Å². The van der Waals surface area contributed by atoms with Crippen LogP contribution >= 0.6 is 11.8 Å². The van der Waals surface area contributed by atoms with Crippen LogP contribution in [0, 0.1) is 0 Å². The molecule has 0 fully saturated rings. The molecule has 3 nitrogen and oxygen atoms in total. The highest BCUT2D eigenvalue weighted by atomic mass is 32.2. The van der Waals surface area contributed by atoms with Crippen molar-refractivity contribution in [2.45, 2.75) is 4.90 Å². The van der Waals surface area contributed by atoms with Crippen molar-refractivity contribution in [3.63, 3.8) is 0 Å². The lowest BCUT2D eigenvalue weighted by molar-refractivity contribution is 0.137. The first-order valence-electron chi connectivity index (χ1n) is 5.25. The van der Waals surface area contributed by atoms with Crippen LogP contribution < -0.4 is 0 Å². The summed E-state index contributed by atoms with van der Waals surface area (Å²) in [4.78, 5) is 9.87. The van der Waals surface area contributed by atoms with E-state index in [1.807, 2.05) is 6.07 Å². The molecule has 0 unspecified atom stereocenters. The molecule has 0 heterocycles. The quantitative estimate of drug-likeness (QED) is 0.792. The maximum absolute atomic E-state index is 8.56. The maximum Gasteiger partial charge on any atom is 0.503 e. The van der Waals surface area contributed by atoms with Crippen molar-refractivity contribution in [2.75, 3.05) is 6.26 Å². The summed E-state index contributed by atoms with van der Waals surface area (Å²) in [5.74, 6) is 0. The number of hydrogen-bond donors (Lipinski definition) is 2. The average molecular weight is 262 g/mol. The summed E-state index contributed by atoms with van der Waals surface area (Å²) >= 11 is 1.77. The Morgan fingerprint density at radius 1 is 0.889 bits per heavy atom. The first kappa shape index (κ1) is 14.1. The van der Waals surface area contributed by atoms with Crippen molar-refractivity contribution < 1.29 is 15.0 Å². The van der Waals surface area contributed by atoms with E-state index in [0.717, 1.165) is 0 Å². The molecule has 2 rings (SSSR count). The van der Waals surface area contributed by atoms with Gasteiger partial charge in [-0.3, -0.25) is 0 Å². The standard InChI is InChI=1S/C13H12S.CH2O3/c1-14-13-9-7-12(8-10-13)11-5-3-2-4-6-11;2-1(3)4/h2-10H,1H3;(H2,2,3,4). The summed E-state index contributed by atoms with van der Waals surface area (Å²) in [6.07, 6.45) is 0.261. The van der Waals surface area contributed by atoms with Gasteiger partial charge in [0.05, 0.1) is 0 Å². The number of carbonyl (C=O) groups is 1. The van der Waals surface area contributed by atoms with Crippen LogP contribution in [0.2, 0.25) is 0 Å². The van der Waals surface area contributed by atoms with Crippen molar-refractivity contribution in [3.05, 3.63) is 54.6 Å². The molecule has 0 saturated carbocycles. The lowest BCUT2D eigenvalue weighted by Crippen LogP contribution is -1.81. The third-order valence-electron chi connectivity index (χ3n) is 2.20. The highest BCUT2D eigenvalue weighted by Gasteiger charge is 1.95. The Bertz CT molecular complexity index is 476. The van der Waals surface area contributed by atoms with Gasteiger partial charge >= 0.3 is 6.16 Å². The highest BCUT2D eigenvalue weighted by molar-refractivity contribution is 7.98. The van der Waals surface area contributed by atoms with Crippen LogP contribution in [0.1, 0.15) is 0 Å². The molecular weight excluding hydrogens is 248 g/mol. The zero-order valence-electron chi connectivity index (χ0n) is 9.91. The molecular formula is C14H14O3S. The molecule has 0 radical (unpaired) electrons. The number of benzene rings is 2. The Labute approximate surface area is 110 Å². The molecule has 2 aromatic rings. The fourth-order valence-corrected chi connectivity index (χ4v) is 1.82. The van der Waals surface area contributed by atoms with E-state index >= 15 is 0 Å². The van der Waals surface area contributed by atoms with Crippen LogP contribution in [0.15, 0.2) is 59.5 Å². The molecule has 94 valence electrons. The maximum atomic E-state index is 8.56. The van der Waals surface area contributed by atoms with Crippen LogP contribution in [-0.4, -0.2) is 22.6 Å². The molecule has 2 N–H and O–H groups in total. The fourth-order valence-electron chi connectivity index (χ4n) is 1.41. The van der Waals surface area contributed by atoms with E-state index in [9.17, 15) is 0 Å². The molecule has 2 aromatic carbocycles. The third-order valence-corrected chi connectivity index (χ3v) is 2.94. The summed E-state index contributed by atoms with van der Waals surface area (Å²) in [6, 6.07) is 19.1. The fraction of sp³-hybridized carbons (Fsp3) is 0.0714. The average Bonchev–Trinajstić information content (AvgIpc) is 2.39. The number of rotatable bonds is 2. The van der Waals surface area contributed by atoms with Crippen LogP contribution in [0.5, 0.6) is 0 Å². The zero-order valence-corrected chi connectivity index (χ0v) is 10.7. The molecule has 0 aliphatic carbocycles. The second kappa shape index (κ2) is 7.40. The molecule has 4 heteroatoms. The number of hydrogen-bond acceptors (Lipinski definition) is 2. The summed E-state index contributed by atoms with van der Waals surface area (Å²) in [6.45, 7) is 0. The smallest absolute Gasteiger partial charge is 0.450 e. The Kier molecular flexibility index (Phi) is 5.80. The Balaban J connectivity index is 0.000000357. The van der Waals surface area contributed by atoms with Gasteiger partial charge in [0.15, 0.2) is 0 Å². The van der Waals surface area contributed by atoms with Gasteiger partial charge in [-0.1, -0.05) is 42.5 Å². The Hall–Kier alpha value is -1.94. The predicted molar refractivity (Wildman–Crippen MR) is 74.3 cm³/mol. The van der Waals surface area contributed by atoms with Crippen LogP contribution in [-0.2, 0) is 0 Å². The molecule has 0 aromatic heterocycles. The predicted octanol–water partition coefficient (Wildman–Crippen LogP) is 4.30. The third kappa shape index (κ3) is 4.93. The van der Waals surface area contributed by atoms with E-state index in [2.05, 4.69) is 54.8 Å². The van der Waals surface area contributed by atoms with Crippen LogP contribution in [0.3, 0.4) is 0 Å². The molecule has 0 atom stereocenters. The van der Waals surface area contributed by atoms with E-state index in [1.165, 1.54) is 16.0 Å². The van der Waals surface area contributed by atoms with Crippen molar-refractivity contribution in [2.24, 2.45) is 0 Å². The largest absolute Gasteiger partial charge is 0.503 e. The first-order valence-corrected chi connectivity index (χ1v) is 6.47. The van der Waals surface area contributed by atoms with E-state index in [-0.39, 0.29) is 0 Å². The van der Waals surface area contributed by atoms with Gasteiger partial charge in [0, 0.05) is 4.90 Å². The second-order valence-corrected chi connectivity index (χ2v) is 4.26. The van der Waals surface area contributed by atoms with Crippen molar-refractivity contribution >= 4 is 17.9 Å². The summed E-state index contributed by atoms with van der Waals surface area (Å²) < 4.78 is 0. The second-order valence-electron chi connectivity index (χ2n) is 3.38. The van der Waals surface area contributed by atoms with E-state index in [4.69, 9.17) is 15.0 Å². The topological polar surface area (TPSA) is 57.5 Å². The number of thioether (sulfide) groups is 1. The van der Waals surface area contributed by atoms with E-state index < -0.39 is 6.16 Å². The van der Waals surface area contributed by atoms with Crippen LogP contribution in [0.25, 0.3) is 11.1 Å². The normalized spacial score (nSPS) is 9.17. The molecule has 0 spiro atoms. The molecule has 0 saturated heterocycles. The zero-order chi connectivity index (χ0) is 13.4. The lowest BCUT2D eigenvalue weighted by atomic mass is 10.1. The Morgan fingerprint density at radius 2 is 1.33 bits per heavy atom. The van der Waals surface area contributed by atoms with Gasteiger partial charge in [0.2, 0.25) is 0 Å². The summed E-state index contributed by atoms with van der Waals surface area (Å²) in [5.41, 5.74) is 2.56. The highest BCUT2D eigenvalue weighted by Crippen LogP contribution is 2.22. The van der Waals surface area contributed by atoms with Crippen molar-refractivity contribution in [3.8, 4) is 11.1 Å². The first-order chi connectivity index (χ1) is 8.63. The molecule has 0 bridgehead atoms. The minimum absolute atomic E-state index is 1.28. The van der Waals surface area contributed by atoms with Gasteiger partial charge in [0.25, 0.3) is 0 Å². The summed E-state index contributed by atoms with van der Waals surface area (Å²) in [5, 5.41) is 13.9. The monoisotopic (exact) mass is 262 g/mol. The lowest BCUT2D eigenvalue weighted by Gasteiger charge is -2.01. The van der Waals surface area contributed by atoms with Gasteiger partial charge in [-0.2, -0.15) is 0 Å². The molecule has 0 aliphatic heterocycles. The molecule has 0 amide bonds. The van der Waals surface area contributed by atoms with Gasteiger partial charge in [-0.25, -0.2) is 4.79 Å². The van der Waals surface area contributed by atoms with Crippen molar-refractivity contribution in [1.82, 2.24) is 0 Å². The van der Waals surface area contributed by atoms with Gasteiger partial charge in [-0.05, 0) is 29.5 Å². The van der Waals surface area contributed by atoms with E-state index in [1.54, 1.807) is 11.8 Å². The minimum atomic E-state index is -1.83. The van der Waals surface area contributed by atoms with Gasteiger partial charge < -0.3 is 10.2 Å². The number of carboxylic acid groups (broad SMARTS) is 2. The SMILES string of the molecule is CSc1ccc(-c2ccccc2)cc1.O=C(O)O. The Morgan fingerprint density at radius 3 is 1.78 bits per heavy atom. The minimum Gasteiger partial charge on any atom is -0.450 e.